The minimum Gasteiger partial charge on any atom is -0.464 e. The summed E-state index contributed by atoms with van der Waals surface area (Å²) < 4.78 is 5.04. The predicted octanol–water partition coefficient (Wildman–Crippen LogP) is 1.66. The first-order chi connectivity index (χ1) is 8.22. The minimum atomic E-state index is -0.267. The van der Waals surface area contributed by atoms with Crippen molar-refractivity contribution in [2.45, 2.75) is 25.8 Å². The van der Waals surface area contributed by atoms with Crippen LogP contribution in [-0.4, -0.2) is 35.1 Å². The van der Waals surface area contributed by atoms with Crippen LogP contribution in [0.1, 0.15) is 19.8 Å². The Bertz CT molecular complexity index is 396. The van der Waals surface area contributed by atoms with Crippen LogP contribution in [0.3, 0.4) is 0 Å². The van der Waals surface area contributed by atoms with Gasteiger partial charge in [0.25, 0.3) is 0 Å². The van der Waals surface area contributed by atoms with Gasteiger partial charge >= 0.3 is 5.97 Å². The van der Waals surface area contributed by atoms with Gasteiger partial charge in [-0.25, -0.2) is 14.8 Å². The lowest BCUT2D eigenvalue weighted by molar-refractivity contribution is -0.144. The maximum absolute atomic E-state index is 11.8. The zero-order valence-corrected chi connectivity index (χ0v) is 10.4. The van der Waals surface area contributed by atoms with E-state index in [2.05, 4.69) is 9.97 Å². The molecule has 0 amide bonds. The number of halogens is 1. The van der Waals surface area contributed by atoms with Crippen LogP contribution < -0.4 is 4.90 Å². The maximum atomic E-state index is 11.8. The molecule has 1 aliphatic heterocycles. The van der Waals surface area contributed by atoms with Gasteiger partial charge < -0.3 is 9.64 Å². The van der Waals surface area contributed by atoms with Crippen molar-refractivity contribution in [3.8, 4) is 0 Å². The third-order valence-electron chi connectivity index (χ3n) is 2.68. The average molecular weight is 256 g/mol. The molecule has 1 aromatic rings. The summed E-state index contributed by atoms with van der Waals surface area (Å²) in [4.78, 5) is 21.9. The van der Waals surface area contributed by atoms with E-state index in [4.69, 9.17) is 16.3 Å². The normalized spacial score (nSPS) is 19.4. The highest BCUT2D eigenvalue weighted by Gasteiger charge is 2.33. The summed E-state index contributed by atoms with van der Waals surface area (Å²) >= 11 is 5.73. The number of ether oxygens (including phenoxy) is 1. The fourth-order valence-electron chi connectivity index (χ4n) is 1.94. The van der Waals surface area contributed by atoms with Gasteiger partial charge in [0.2, 0.25) is 5.95 Å². The van der Waals surface area contributed by atoms with E-state index in [-0.39, 0.29) is 12.0 Å². The first-order valence-electron chi connectivity index (χ1n) is 5.63. The molecule has 0 N–H and O–H groups in total. The molecule has 1 aliphatic rings. The molecule has 0 spiro atoms. The van der Waals surface area contributed by atoms with Crippen molar-refractivity contribution in [3.05, 3.63) is 17.4 Å². The number of carbonyl (C=O) groups is 1. The molecule has 0 aromatic carbocycles. The molecule has 1 fully saturated rings. The second kappa shape index (κ2) is 5.31. The summed E-state index contributed by atoms with van der Waals surface area (Å²) in [6.07, 6.45) is 4.79. The second-order valence-corrected chi connectivity index (χ2v) is 4.24. The first-order valence-corrected chi connectivity index (χ1v) is 6.01. The summed E-state index contributed by atoms with van der Waals surface area (Å²) in [5, 5.41) is 0.487. The fourth-order valence-corrected chi connectivity index (χ4v) is 2.04. The Kier molecular flexibility index (Phi) is 3.78. The van der Waals surface area contributed by atoms with Crippen LogP contribution in [0, 0.1) is 0 Å². The van der Waals surface area contributed by atoms with E-state index in [0.717, 1.165) is 19.4 Å². The molecule has 5 nitrogen and oxygen atoms in total. The standard InChI is InChI=1S/C11H14ClN3O2/c1-2-17-10(16)9-4-3-5-15(9)11-13-6-8(12)7-14-11/h6-7,9H,2-5H2,1H3. The van der Waals surface area contributed by atoms with Crippen LogP contribution in [0.5, 0.6) is 0 Å². The van der Waals surface area contributed by atoms with Crippen LogP contribution in [0.15, 0.2) is 12.4 Å². The van der Waals surface area contributed by atoms with E-state index in [1.807, 2.05) is 4.90 Å². The molecular weight excluding hydrogens is 242 g/mol. The molecule has 2 heterocycles. The highest BCUT2D eigenvalue weighted by molar-refractivity contribution is 6.30. The number of rotatable bonds is 3. The Hall–Kier alpha value is -1.36. The highest BCUT2D eigenvalue weighted by Crippen LogP contribution is 2.23. The monoisotopic (exact) mass is 255 g/mol. The molecule has 0 aliphatic carbocycles. The number of hydrogen-bond acceptors (Lipinski definition) is 5. The third-order valence-corrected chi connectivity index (χ3v) is 2.87. The fraction of sp³-hybridized carbons (Fsp3) is 0.545. The number of esters is 1. The maximum Gasteiger partial charge on any atom is 0.328 e. The topological polar surface area (TPSA) is 55.3 Å². The highest BCUT2D eigenvalue weighted by atomic mass is 35.5. The number of carbonyl (C=O) groups excluding carboxylic acids is 1. The lowest BCUT2D eigenvalue weighted by Crippen LogP contribution is -2.38. The summed E-state index contributed by atoms with van der Waals surface area (Å²) in [5.41, 5.74) is 0. The Morgan fingerprint density at radius 2 is 2.29 bits per heavy atom. The summed E-state index contributed by atoms with van der Waals surface area (Å²) in [7, 11) is 0. The number of hydrogen-bond donors (Lipinski definition) is 0. The Morgan fingerprint density at radius 3 is 2.94 bits per heavy atom. The van der Waals surface area contributed by atoms with Crippen molar-refractivity contribution < 1.29 is 9.53 Å². The van der Waals surface area contributed by atoms with Crippen molar-refractivity contribution in [1.29, 1.82) is 0 Å². The smallest absolute Gasteiger partial charge is 0.328 e. The molecule has 0 radical (unpaired) electrons. The molecular formula is C11H14ClN3O2. The third kappa shape index (κ3) is 2.66. The molecule has 1 unspecified atom stereocenters. The van der Waals surface area contributed by atoms with Crippen LogP contribution in [0.2, 0.25) is 5.02 Å². The lowest BCUT2D eigenvalue weighted by Gasteiger charge is -2.22. The zero-order chi connectivity index (χ0) is 12.3. The molecule has 0 saturated carbocycles. The van der Waals surface area contributed by atoms with Crippen molar-refractivity contribution in [2.75, 3.05) is 18.1 Å². The molecule has 0 bridgehead atoms. The van der Waals surface area contributed by atoms with E-state index in [0.29, 0.717) is 17.6 Å². The van der Waals surface area contributed by atoms with Crippen molar-refractivity contribution in [3.63, 3.8) is 0 Å². The van der Waals surface area contributed by atoms with Gasteiger partial charge in [-0.15, -0.1) is 0 Å². The quantitative estimate of drug-likeness (QED) is 0.769. The summed E-state index contributed by atoms with van der Waals surface area (Å²) in [6, 6.07) is -0.267. The van der Waals surface area contributed by atoms with Gasteiger partial charge in [0.1, 0.15) is 6.04 Å². The molecule has 6 heteroatoms. The van der Waals surface area contributed by atoms with Crippen LogP contribution >= 0.6 is 11.6 Å². The molecule has 17 heavy (non-hydrogen) atoms. The van der Waals surface area contributed by atoms with Crippen molar-refractivity contribution in [2.24, 2.45) is 0 Å². The van der Waals surface area contributed by atoms with Gasteiger partial charge in [-0.2, -0.15) is 0 Å². The van der Waals surface area contributed by atoms with Crippen molar-refractivity contribution in [1.82, 2.24) is 9.97 Å². The van der Waals surface area contributed by atoms with Gasteiger partial charge in [-0.3, -0.25) is 0 Å². The van der Waals surface area contributed by atoms with Gasteiger partial charge in [-0.1, -0.05) is 11.6 Å². The molecule has 2 rings (SSSR count). The molecule has 1 atom stereocenters. The number of aromatic nitrogens is 2. The first kappa shape index (κ1) is 12.1. The Balaban J connectivity index is 2.14. The van der Waals surface area contributed by atoms with Crippen molar-refractivity contribution >= 4 is 23.5 Å². The van der Waals surface area contributed by atoms with Crippen LogP contribution in [0.4, 0.5) is 5.95 Å². The molecule has 1 saturated heterocycles. The van der Waals surface area contributed by atoms with Gasteiger partial charge in [-0.05, 0) is 19.8 Å². The summed E-state index contributed by atoms with van der Waals surface area (Å²) in [5.74, 6) is 0.327. The number of nitrogens with zero attached hydrogens (tertiary/aromatic N) is 3. The zero-order valence-electron chi connectivity index (χ0n) is 9.60. The summed E-state index contributed by atoms with van der Waals surface area (Å²) in [6.45, 7) is 2.96. The Morgan fingerprint density at radius 1 is 1.59 bits per heavy atom. The predicted molar refractivity (Wildman–Crippen MR) is 64.0 cm³/mol. The molecule has 1 aromatic heterocycles. The largest absolute Gasteiger partial charge is 0.464 e. The van der Waals surface area contributed by atoms with Gasteiger partial charge in [0.15, 0.2) is 0 Å². The van der Waals surface area contributed by atoms with E-state index in [1.165, 1.54) is 12.4 Å². The molecule has 92 valence electrons. The van der Waals surface area contributed by atoms with Crippen LogP contribution in [-0.2, 0) is 9.53 Å². The second-order valence-electron chi connectivity index (χ2n) is 3.80. The van der Waals surface area contributed by atoms with Gasteiger partial charge in [0, 0.05) is 6.54 Å². The van der Waals surface area contributed by atoms with E-state index >= 15 is 0 Å². The Labute approximate surface area is 105 Å². The lowest BCUT2D eigenvalue weighted by atomic mass is 10.2. The van der Waals surface area contributed by atoms with E-state index in [9.17, 15) is 4.79 Å². The average Bonchev–Trinajstić information content (AvgIpc) is 2.79. The SMILES string of the molecule is CCOC(=O)C1CCCN1c1ncc(Cl)cn1. The van der Waals surface area contributed by atoms with E-state index in [1.54, 1.807) is 6.92 Å². The van der Waals surface area contributed by atoms with Crippen LogP contribution in [0.25, 0.3) is 0 Å². The van der Waals surface area contributed by atoms with Gasteiger partial charge in [0.05, 0.1) is 24.0 Å². The van der Waals surface area contributed by atoms with E-state index < -0.39 is 0 Å². The number of anilines is 1. The minimum absolute atomic E-state index is 0.205.